The Balaban J connectivity index is 1.86. The molecule has 0 bridgehead atoms. The number of hydrogen-bond donors (Lipinski definition) is 2. The standard InChI is InChI=1S/C24H32N2O6/c1-13-21(23(30)31)16-11-20(29)24(9-10-25(4)14(2)27)18-7-5-6-8-19(18)26(15(3)28)22(24)17(16)12-32-13/h5-8,13,16-17,20-22,29H,9-12H2,1-4H3,(H,30,31)/t13-,16-,17-,20?,21+,22+,24-/m1/s1. The maximum Gasteiger partial charge on any atom is 0.309 e. The third kappa shape index (κ3) is 3.23. The van der Waals surface area contributed by atoms with Crippen LogP contribution in [0.2, 0.25) is 0 Å². The minimum atomic E-state index is -0.937. The van der Waals surface area contributed by atoms with E-state index in [-0.39, 0.29) is 23.7 Å². The Morgan fingerprint density at radius 1 is 1.22 bits per heavy atom. The molecular formula is C24H32N2O6. The van der Waals surface area contributed by atoms with Crippen molar-refractivity contribution in [3.63, 3.8) is 0 Å². The van der Waals surface area contributed by atoms with Crippen molar-refractivity contribution in [2.45, 2.75) is 57.3 Å². The van der Waals surface area contributed by atoms with E-state index >= 15 is 0 Å². The summed E-state index contributed by atoms with van der Waals surface area (Å²) in [5, 5.41) is 21.6. The highest BCUT2D eigenvalue weighted by Gasteiger charge is 2.65. The highest BCUT2D eigenvalue weighted by molar-refractivity contribution is 5.96. The van der Waals surface area contributed by atoms with Gasteiger partial charge in [0.1, 0.15) is 0 Å². The largest absolute Gasteiger partial charge is 0.481 e. The van der Waals surface area contributed by atoms with Crippen molar-refractivity contribution in [2.75, 3.05) is 25.1 Å². The molecule has 4 rings (SSSR count). The molecule has 0 radical (unpaired) electrons. The summed E-state index contributed by atoms with van der Waals surface area (Å²) >= 11 is 0. The zero-order chi connectivity index (χ0) is 23.4. The maximum absolute atomic E-state index is 12.9. The number of benzene rings is 1. The van der Waals surface area contributed by atoms with Crippen LogP contribution in [0.1, 0.15) is 39.2 Å². The molecule has 8 nitrogen and oxygen atoms in total. The number of ether oxygens (including phenoxy) is 1. The van der Waals surface area contributed by atoms with Gasteiger partial charge >= 0.3 is 5.97 Å². The lowest BCUT2D eigenvalue weighted by atomic mass is 9.54. The van der Waals surface area contributed by atoms with Crippen molar-refractivity contribution in [3.8, 4) is 0 Å². The molecule has 1 unspecified atom stereocenters. The van der Waals surface area contributed by atoms with Crippen molar-refractivity contribution in [2.24, 2.45) is 17.8 Å². The molecule has 1 aromatic carbocycles. The van der Waals surface area contributed by atoms with Gasteiger partial charge in [-0.2, -0.15) is 0 Å². The van der Waals surface area contributed by atoms with E-state index in [0.29, 0.717) is 26.0 Å². The second-order valence-electron chi connectivity index (χ2n) is 9.56. The Morgan fingerprint density at radius 2 is 1.91 bits per heavy atom. The van der Waals surface area contributed by atoms with Gasteiger partial charge in [-0.05, 0) is 37.3 Å². The number of rotatable bonds is 4. The predicted octanol–water partition coefficient (Wildman–Crippen LogP) is 1.64. The Hall–Kier alpha value is -2.45. The summed E-state index contributed by atoms with van der Waals surface area (Å²) in [5.41, 5.74) is 0.828. The van der Waals surface area contributed by atoms with Crippen LogP contribution in [0.25, 0.3) is 0 Å². The fourth-order valence-electron chi connectivity index (χ4n) is 6.50. The van der Waals surface area contributed by atoms with E-state index in [2.05, 4.69) is 0 Å². The van der Waals surface area contributed by atoms with Crippen LogP contribution in [-0.2, 0) is 24.5 Å². The lowest BCUT2D eigenvalue weighted by Gasteiger charge is -2.56. The molecule has 174 valence electrons. The third-order valence-corrected chi connectivity index (χ3v) is 8.06. The minimum Gasteiger partial charge on any atom is -0.481 e. The van der Waals surface area contributed by atoms with Crippen LogP contribution in [0.15, 0.2) is 24.3 Å². The molecule has 2 amide bonds. The van der Waals surface area contributed by atoms with Gasteiger partial charge in [-0.15, -0.1) is 0 Å². The summed E-state index contributed by atoms with van der Waals surface area (Å²) in [6, 6.07) is 7.15. The second kappa shape index (κ2) is 8.15. The number of aliphatic hydroxyl groups excluding tert-OH is 1. The zero-order valence-corrected chi connectivity index (χ0v) is 19.0. The van der Waals surface area contributed by atoms with E-state index in [4.69, 9.17) is 4.74 Å². The molecule has 2 N–H and O–H groups in total. The summed E-state index contributed by atoms with van der Waals surface area (Å²) in [6.07, 6.45) is -0.541. The number of carbonyl (C=O) groups is 3. The number of carboxylic acid groups (broad SMARTS) is 1. The van der Waals surface area contributed by atoms with Crippen LogP contribution in [0.4, 0.5) is 5.69 Å². The number of nitrogens with zero attached hydrogens (tertiary/aromatic N) is 2. The zero-order valence-electron chi connectivity index (χ0n) is 19.0. The monoisotopic (exact) mass is 444 g/mol. The van der Waals surface area contributed by atoms with E-state index in [1.165, 1.54) is 13.8 Å². The smallest absolute Gasteiger partial charge is 0.309 e. The van der Waals surface area contributed by atoms with Gasteiger partial charge in [-0.1, -0.05) is 18.2 Å². The first-order valence-corrected chi connectivity index (χ1v) is 11.2. The van der Waals surface area contributed by atoms with Crippen molar-refractivity contribution >= 4 is 23.5 Å². The normalized spacial score (nSPS) is 35.5. The van der Waals surface area contributed by atoms with Crippen LogP contribution in [0, 0.1) is 17.8 Å². The first-order valence-electron chi connectivity index (χ1n) is 11.2. The van der Waals surface area contributed by atoms with E-state index in [1.54, 1.807) is 23.8 Å². The van der Waals surface area contributed by atoms with Crippen molar-refractivity contribution < 1.29 is 29.3 Å². The quantitative estimate of drug-likeness (QED) is 0.731. The molecule has 2 fully saturated rings. The van der Waals surface area contributed by atoms with E-state index < -0.39 is 35.6 Å². The summed E-state index contributed by atoms with van der Waals surface area (Å²) in [5.74, 6) is -2.47. The summed E-state index contributed by atoms with van der Waals surface area (Å²) in [4.78, 5) is 40.3. The van der Waals surface area contributed by atoms with Gasteiger partial charge < -0.3 is 24.7 Å². The Bertz CT molecular complexity index is 935. The van der Waals surface area contributed by atoms with Crippen LogP contribution < -0.4 is 4.90 Å². The van der Waals surface area contributed by atoms with Gasteiger partial charge in [0.25, 0.3) is 0 Å². The van der Waals surface area contributed by atoms with Crippen molar-refractivity contribution in [3.05, 3.63) is 29.8 Å². The maximum atomic E-state index is 12.9. The van der Waals surface area contributed by atoms with Gasteiger partial charge in [0.15, 0.2) is 0 Å². The first kappa shape index (κ1) is 22.7. The fourth-order valence-corrected chi connectivity index (χ4v) is 6.50. The Morgan fingerprint density at radius 3 is 2.53 bits per heavy atom. The Labute approximate surface area is 188 Å². The summed E-state index contributed by atoms with van der Waals surface area (Å²) in [6.45, 7) is 5.51. The molecule has 3 aliphatic rings. The number of hydrogen-bond acceptors (Lipinski definition) is 5. The molecule has 1 aromatic rings. The van der Waals surface area contributed by atoms with Gasteiger partial charge in [-0.25, -0.2) is 0 Å². The van der Waals surface area contributed by atoms with Gasteiger partial charge in [0.2, 0.25) is 11.8 Å². The third-order valence-electron chi connectivity index (χ3n) is 8.06. The van der Waals surface area contributed by atoms with E-state index in [0.717, 1.165) is 11.3 Å². The molecule has 32 heavy (non-hydrogen) atoms. The van der Waals surface area contributed by atoms with Gasteiger partial charge in [0, 0.05) is 44.5 Å². The van der Waals surface area contributed by atoms with Gasteiger partial charge in [-0.3, -0.25) is 14.4 Å². The Kier molecular flexibility index (Phi) is 5.79. The average Bonchev–Trinajstić information content (AvgIpc) is 3.03. The number of amides is 2. The fraction of sp³-hybridized carbons (Fsp3) is 0.625. The number of carbonyl (C=O) groups excluding carboxylic acids is 2. The number of aliphatic hydroxyl groups is 1. The molecule has 1 aliphatic carbocycles. The SMILES string of the molecule is CC(=O)N(C)CC[C@]12c3ccccc3N(C(C)=O)[C@H]1[C@@H]1CO[C@H](C)[C@H](C(=O)O)[C@@H]1CC2O. The van der Waals surface area contributed by atoms with Crippen LogP contribution in [0.5, 0.6) is 0 Å². The molecule has 8 heteroatoms. The first-order chi connectivity index (χ1) is 15.1. The topological polar surface area (TPSA) is 107 Å². The molecule has 2 heterocycles. The number of fused-ring (bicyclic) bond motifs is 5. The van der Waals surface area contributed by atoms with Crippen molar-refractivity contribution in [1.82, 2.24) is 4.90 Å². The molecule has 0 aromatic heterocycles. The highest BCUT2D eigenvalue weighted by atomic mass is 16.5. The molecular weight excluding hydrogens is 412 g/mol. The molecule has 1 saturated carbocycles. The lowest BCUT2D eigenvalue weighted by Crippen LogP contribution is -2.66. The molecule has 0 spiro atoms. The molecule has 1 saturated heterocycles. The summed E-state index contributed by atoms with van der Waals surface area (Å²) in [7, 11) is 1.72. The molecule has 2 aliphatic heterocycles. The number of aliphatic carboxylic acids is 1. The number of anilines is 1. The van der Waals surface area contributed by atoms with Crippen LogP contribution in [-0.4, -0.2) is 71.3 Å². The number of para-hydroxylation sites is 1. The van der Waals surface area contributed by atoms with E-state index in [9.17, 15) is 24.6 Å². The van der Waals surface area contributed by atoms with Gasteiger partial charge in [0.05, 0.1) is 30.8 Å². The number of carboxylic acids is 1. The predicted molar refractivity (Wildman–Crippen MR) is 117 cm³/mol. The summed E-state index contributed by atoms with van der Waals surface area (Å²) < 4.78 is 5.94. The average molecular weight is 445 g/mol. The second-order valence-corrected chi connectivity index (χ2v) is 9.56. The van der Waals surface area contributed by atoms with Crippen LogP contribution in [0.3, 0.4) is 0 Å². The highest BCUT2D eigenvalue weighted by Crippen LogP contribution is 2.59. The minimum absolute atomic E-state index is 0.0726. The lowest BCUT2D eigenvalue weighted by molar-refractivity contribution is -0.174. The van der Waals surface area contributed by atoms with E-state index in [1.807, 2.05) is 24.3 Å². The molecule has 7 atom stereocenters. The van der Waals surface area contributed by atoms with Crippen molar-refractivity contribution in [1.29, 1.82) is 0 Å². The van der Waals surface area contributed by atoms with Crippen LogP contribution >= 0.6 is 0 Å².